The summed E-state index contributed by atoms with van der Waals surface area (Å²) >= 11 is 0. The lowest BCUT2D eigenvalue weighted by atomic mass is 10.2. The Balaban J connectivity index is 1.48. The van der Waals surface area contributed by atoms with Crippen LogP contribution in [0, 0.1) is 0 Å². The quantitative estimate of drug-likeness (QED) is 0.633. The van der Waals surface area contributed by atoms with E-state index in [1.807, 2.05) is 48.5 Å². The average Bonchev–Trinajstić information content (AvgIpc) is 3.51. The van der Waals surface area contributed by atoms with E-state index in [1.165, 1.54) is 0 Å². The highest BCUT2D eigenvalue weighted by atomic mass is 16.5. The first-order valence-corrected chi connectivity index (χ1v) is 11.0. The Morgan fingerprint density at radius 2 is 2.00 bits per heavy atom. The van der Waals surface area contributed by atoms with Crippen LogP contribution in [0.25, 0.3) is 11.0 Å². The van der Waals surface area contributed by atoms with Gasteiger partial charge >= 0.3 is 0 Å². The maximum atomic E-state index is 11.9. The van der Waals surface area contributed by atoms with Gasteiger partial charge < -0.3 is 19.8 Å². The number of hydrogen-bond donors (Lipinski definition) is 1. The molecule has 0 radical (unpaired) electrons. The molecular formula is C24H28N4O3. The van der Waals surface area contributed by atoms with Crippen LogP contribution in [0.5, 0.6) is 11.5 Å². The van der Waals surface area contributed by atoms with E-state index in [1.54, 1.807) is 0 Å². The number of primary amides is 1. The summed E-state index contributed by atoms with van der Waals surface area (Å²) < 4.78 is 14.2. The van der Waals surface area contributed by atoms with Crippen molar-refractivity contribution in [2.75, 3.05) is 13.2 Å². The molecular weight excluding hydrogens is 392 g/mol. The second kappa shape index (κ2) is 8.69. The van der Waals surface area contributed by atoms with Crippen molar-refractivity contribution in [2.24, 2.45) is 5.73 Å². The van der Waals surface area contributed by atoms with Gasteiger partial charge in [-0.05, 0) is 56.5 Å². The number of nitrogens with two attached hydrogens (primary N) is 1. The van der Waals surface area contributed by atoms with E-state index < -0.39 is 0 Å². The number of amides is 1. The number of imidazole rings is 1. The van der Waals surface area contributed by atoms with Gasteiger partial charge in [0.05, 0.1) is 36.3 Å². The molecule has 31 heavy (non-hydrogen) atoms. The van der Waals surface area contributed by atoms with Crippen LogP contribution in [0.4, 0.5) is 0 Å². The number of rotatable bonds is 7. The lowest BCUT2D eigenvalue weighted by Gasteiger charge is -2.22. The number of nitrogens with zero attached hydrogens (tertiary/aromatic N) is 3. The van der Waals surface area contributed by atoms with Gasteiger partial charge in [-0.15, -0.1) is 0 Å². The number of aromatic nitrogens is 2. The Morgan fingerprint density at radius 1 is 1.13 bits per heavy atom. The van der Waals surface area contributed by atoms with E-state index in [0.717, 1.165) is 73.7 Å². The number of hydrogen-bond acceptors (Lipinski definition) is 5. The molecule has 1 aromatic heterocycles. The molecule has 2 atom stereocenters. The fourth-order valence-electron chi connectivity index (χ4n) is 4.68. The lowest BCUT2D eigenvalue weighted by Crippen LogP contribution is -2.40. The molecule has 162 valence electrons. The van der Waals surface area contributed by atoms with Crippen LogP contribution in [0.15, 0.2) is 48.5 Å². The normalized spacial score (nSPS) is 21.7. The Hall–Kier alpha value is -2.90. The van der Waals surface area contributed by atoms with Crippen LogP contribution in [0.1, 0.15) is 31.5 Å². The molecule has 2 N–H and O–H groups in total. The SMILES string of the molecule is NC(=O)[C@@H]1CCCN1Cc1nc2ccc(Oc3ccccc3)cc2n1C[C@@H]1CCCO1. The molecule has 2 aliphatic heterocycles. The van der Waals surface area contributed by atoms with E-state index in [2.05, 4.69) is 9.47 Å². The summed E-state index contributed by atoms with van der Waals surface area (Å²) in [7, 11) is 0. The summed E-state index contributed by atoms with van der Waals surface area (Å²) in [5.74, 6) is 2.26. The zero-order chi connectivity index (χ0) is 21.2. The minimum atomic E-state index is -0.252. The van der Waals surface area contributed by atoms with Crippen molar-refractivity contribution < 1.29 is 14.3 Å². The summed E-state index contributed by atoms with van der Waals surface area (Å²) in [6.07, 6.45) is 4.11. The van der Waals surface area contributed by atoms with Crippen LogP contribution < -0.4 is 10.5 Å². The van der Waals surface area contributed by atoms with Gasteiger partial charge in [-0.2, -0.15) is 0 Å². The summed E-state index contributed by atoms with van der Waals surface area (Å²) in [5, 5.41) is 0. The first kappa shape index (κ1) is 20.0. The van der Waals surface area contributed by atoms with Crippen molar-refractivity contribution in [1.82, 2.24) is 14.5 Å². The van der Waals surface area contributed by atoms with Crippen molar-refractivity contribution in [1.29, 1.82) is 0 Å². The average molecular weight is 421 g/mol. The largest absolute Gasteiger partial charge is 0.457 e. The number of likely N-dealkylation sites (tertiary alicyclic amines) is 1. The maximum Gasteiger partial charge on any atom is 0.234 e. The molecule has 1 amide bonds. The molecule has 2 fully saturated rings. The number of ether oxygens (including phenoxy) is 2. The first-order chi connectivity index (χ1) is 15.2. The molecule has 3 heterocycles. The number of fused-ring (bicyclic) bond motifs is 1. The fourth-order valence-corrected chi connectivity index (χ4v) is 4.68. The van der Waals surface area contributed by atoms with Crippen LogP contribution in [-0.2, 0) is 22.6 Å². The fraction of sp³-hybridized carbons (Fsp3) is 0.417. The van der Waals surface area contributed by atoms with Gasteiger partial charge in [-0.3, -0.25) is 9.69 Å². The highest BCUT2D eigenvalue weighted by molar-refractivity contribution is 5.80. The number of para-hydroxylation sites is 1. The smallest absolute Gasteiger partial charge is 0.234 e. The summed E-state index contributed by atoms with van der Waals surface area (Å²) in [5.41, 5.74) is 7.58. The maximum absolute atomic E-state index is 11.9. The van der Waals surface area contributed by atoms with Gasteiger partial charge in [0.15, 0.2) is 0 Å². The lowest BCUT2D eigenvalue weighted by molar-refractivity contribution is -0.122. The zero-order valence-corrected chi connectivity index (χ0v) is 17.6. The van der Waals surface area contributed by atoms with Crippen LogP contribution >= 0.6 is 0 Å². The van der Waals surface area contributed by atoms with Gasteiger partial charge in [0, 0.05) is 12.7 Å². The minimum absolute atomic E-state index is 0.181. The first-order valence-electron chi connectivity index (χ1n) is 11.0. The van der Waals surface area contributed by atoms with Crippen molar-refractivity contribution >= 4 is 16.9 Å². The van der Waals surface area contributed by atoms with E-state index in [-0.39, 0.29) is 18.1 Å². The molecule has 2 saturated heterocycles. The molecule has 7 nitrogen and oxygen atoms in total. The molecule has 2 aromatic carbocycles. The predicted molar refractivity (Wildman–Crippen MR) is 118 cm³/mol. The third kappa shape index (κ3) is 4.29. The number of carbonyl (C=O) groups excluding carboxylic acids is 1. The zero-order valence-electron chi connectivity index (χ0n) is 17.6. The highest BCUT2D eigenvalue weighted by Crippen LogP contribution is 2.29. The van der Waals surface area contributed by atoms with E-state index in [9.17, 15) is 4.79 Å². The van der Waals surface area contributed by atoms with Crippen LogP contribution in [-0.4, -0.2) is 45.7 Å². The monoisotopic (exact) mass is 420 g/mol. The number of carbonyl (C=O) groups is 1. The molecule has 5 rings (SSSR count). The molecule has 0 aliphatic carbocycles. The third-order valence-corrected chi connectivity index (χ3v) is 6.22. The summed E-state index contributed by atoms with van der Waals surface area (Å²) in [4.78, 5) is 18.9. The summed E-state index contributed by atoms with van der Waals surface area (Å²) in [6.45, 7) is 3.02. The number of benzene rings is 2. The Morgan fingerprint density at radius 3 is 2.77 bits per heavy atom. The van der Waals surface area contributed by atoms with Crippen LogP contribution in [0.2, 0.25) is 0 Å². The Labute approximate surface area is 181 Å². The molecule has 0 bridgehead atoms. The van der Waals surface area contributed by atoms with E-state index >= 15 is 0 Å². The molecule has 7 heteroatoms. The van der Waals surface area contributed by atoms with Gasteiger partial charge in [0.2, 0.25) is 5.91 Å². The molecule has 3 aromatic rings. The third-order valence-electron chi connectivity index (χ3n) is 6.22. The standard InChI is InChI=1S/C24H28N4O3/c25-24(29)21-9-4-12-27(21)16-23-26-20-11-10-18(31-17-6-2-1-3-7-17)14-22(20)28(23)15-19-8-5-13-30-19/h1-3,6-7,10-11,14,19,21H,4-5,8-9,12-13,15-16H2,(H2,25,29)/t19-,21-/m0/s1. The van der Waals surface area contributed by atoms with Gasteiger partial charge in [-0.25, -0.2) is 4.98 Å². The van der Waals surface area contributed by atoms with Crippen molar-refractivity contribution in [2.45, 2.75) is 50.9 Å². The van der Waals surface area contributed by atoms with Gasteiger partial charge in [-0.1, -0.05) is 18.2 Å². The molecule has 0 spiro atoms. The molecule has 0 saturated carbocycles. The van der Waals surface area contributed by atoms with Gasteiger partial charge in [0.1, 0.15) is 17.3 Å². The van der Waals surface area contributed by atoms with Crippen molar-refractivity contribution in [3.05, 3.63) is 54.4 Å². The van der Waals surface area contributed by atoms with Crippen LogP contribution in [0.3, 0.4) is 0 Å². The Kier molecular flexibility index (Phi) is 5.61. The minimum Gasteiger partial charge on any atom is -0.457 e. The Bertz CT molecular complexity index is 1060. The molecule has 0 unspecified atom stereocenters. The topological polar surface area (TPSA) is 82.6 Å². The summed E-state index contributed by atoms with van der Waals surface area (Å²) in [6, 6.07) is 15.5. The van der Waals surface area contributed by atoms with Crippen molar-refractivity contribution in [3.8, 4) is 11.5 Å². The molecule has 2 aliphatic rings. The van der Waals surface area contributed by atoms with Gasteiger partial charge in [0.25, 0.3) is 0 Å². The second-order valence-corrected chi connectivity index (χ2v) is 8.37. The van der Waals surface area contributed by atoms with E-state index in [4.69, 9.17) is 20.2 Å². The predicted octanol–water partition coefficient (Wildman–Crippen LogP) is 3.46. The van der Waals surface area contributed by atoms with E-state index in [0.29, 0.717) is 6.54 Å². The van der Waals surface area contributed by atoms with Crippen molar-refractivity contribution in [3.63, 3.8) is 0 Å². The highest BCUT2D eigenvalue weighted by Gasteiger charge is 2.30. The second-order valence-electron chi connectivity index (χ2n) is 8.37.